The van der Waals surface area contributed by atoms with Crippen LogP contribution in [0, 0.1) is 5.41 Å². The van der Waals surface area contributed by atoms with E-state index in [1.54, 1.807) is 0 Å². The number of carbonyl (C=O) groups excluding carboxylic acids is 1. The van der Waals surface area contributed by atoms with Gasteiger partial charge in [0.25, 0.3) is 0 Å². The molecule has 0 unspecified atom stereocenters. The van der Waals surface area contributed by atoms with Gasteiger partial charge in [0, 0.05) is 29.6 Å². The molecule has 0 spiro atoms. The third kappa shape index (κ3) is 3.81. The summed E-state index contributed by atoms with van der Waals surface area (Å²) in [4.78, 5) is 15.9. The first-order chi connectivity index (χ1) is 13.1. The summed E-state index contributed by atoms with van der Waals surface area (Å²) >= 11 is 6.10. The Balaban J connectivity index is 0.00000225. The molecule has 3 aliphatic rings. The maximum atomic E-state index is 13.8. The van der Waals surface area contributed by atoms with Crippen molar-refractivity contribution in [2.75, 3.05) is 26.2 Å². The van der Waals surface area contributed by atoms with Crippen molar-refractivity contribution in [3.05, 3.63) is 34.9 Å². The maximum absolute atomic E-state index is 13.8. The van der Waals surface area contributed by atoms with E-state index < -0.39 is 5.41 Å². The lowest BCUT2D eigenvalue weighted by Crippen LogP contribution is -2.64. The van der Waals surface area contributed by atoms with Crippen LogP contribution in [0.25, 0.3) is 0 Å². The minimum Gasteiger partial charge on any atom is -0.396 e. The Labute approximate surface area is 179 Å². The van der Waals surface area contributed by atoms with Gasteiger partial charge >= 0.3 is 0 Å². The zero-order chi connectivity index (χ0) is 18.9. The average molecular weight is 427 g/mol. The van der Waals surface area contributed by atoms with Crippen molar-refractivity contribution >= 4 is 29.9 Å². The Hall–Kier alpha value is -0.810. The van der Waals surface area contributed by atoms with Gasteiger partial charge in [0.15, 0.2) is 0 Å². The van der Waals surface area contributed by atoms with Gasteiger partial charge in [-0.1, -0.05) is 43.0 Å². The molecule has 2 atom stereocenters. The third-order valence-corrected chi connectivity index (χ3v) is 7.63. The number of nitrogens with one attached hydrogen (secondary N) is 1. The molecular formula is C22H32Cl2N2O2. The molecule has 0 aromatic heterocycles. The Morgan fingerprint density at radius 1 is 1.11 bits per heavy atom. The molecule has 2 aliphatic heterocycles. The number of aliphatic hydroxyl groups excluding tert-OH is 1. The minimum absolute atomic E-state index is 0. The highest BCUT2D eigenvalue weighted by molar-refractivity contribution is 6.30. The number of likely N-dealkylation sites (tertiary alicyclic amines) is 1. The summed E-state index contributed by atoms with van der Waals surface area (Å²) in [6, 6.07) is 8.13. The Morgan fingerprint density at radius 3 is 2.50 bits per heavy atom. The Kier molecular flexibility index (Phi) is 6.96. The molecule has 0 bridgehead atoms. The molecule has 1 aliphatic carbocycles. The fourth-order valence-corrected chi connectivity index (χ4v) is 5.77. The van der Waals surface area contributed by atoms with E-state index in [4.69, 9.17) is 11.6 Å². The summed E-state index contributed by atoms with van der Waals surface area (Å²) in [5.74, 6) is 0.281. The molecule has 4 rings (SSSR count). The molecule has 3 fully saturated rings. The van der Waals surface area contributed by atoms with Gasteiger partial charge in [-0.3, -0.25) is 4.79 Å². The molecule has 2 saturated heterocycles. The van der Waals surface area contributed by atoms with Gasteiger partial charge in [0.05, 0.1) is 12.0 Å². The van der Waals surface area contributed by atoms with Crippen molar-refractivity contribution in [1.82, 2.24) is 10.2 Å². The molecule has 1 amide bonds. The summed E-state index contributed by atoms with van der Waals surface area (Å²) < 4.78 is 0. The molecule has 1 saturated carbocycles. The van der Waals surface area contributed by atoms with E-state index in [1.807, 2.05) is 24.3 Å². The highest BCUT2D eigenvalue weighted by Gasteiger charge is 2.49. The molecule has 4 nitrogen and oxygen atoms in total. The zero-order valence-corrected chi connectivity index (χ0v) is 18.0. The van der Waals surface area contributed by atoms with E-state index in [0.29, 0.717) is 11.6 Å². The van der Waals surface area contributed by atoms with Crippen LogP contribution in [-0.4, -0.2) is 48.2 Å². The Bertz CT molecular complexity index is 676. The summed E-state index contributed by atoms with van der Waals surface area (Å²) in [6.45, 7) is 2.67. The van der Waals surface area contributed by atoms with E-state index in [9.17, 15) is 9.90 Å². The summed E-state index contributed by atoms with van der Waals surface area (Å²) in [6.07, 6.45) is 8.32. The highest BCUT2D eigenvalue weighted by atomic mass is 35.5. The maximum Gasteiger partial charge on any atom is 0.233 e. The van der Waals surface area contributed by atoms with Gasteiger partial charge in [-0.25, -0.2) is 0 Å². The largest absolute Gasteiger partial charge is 0.396 e. The molecular weight excluding hydrogens is 395 g/mol. The highest BCUT2D eigenvalue weighted by Crippen LogP contribution is 2.44. The quantitative estimate of drug-likeness (QED) is 0.769. The van der Waals surface area contributed by atoms with Crippen molar-refractivity contribution in [3.63, 3.8) is 0 Å². The number of carbonyl (C=O) groups is 1. The molecule has 2 heterocycles. The topological polar surface area (TPSA) is 52.6 Å². The van der Waals surface area contributed by atoms with Crippen LogP contribution in [0.2, 0.25) is 5.02 Å². The first-order valence-electron chi connectivity index (χ1n) is 10.5. The lowest BCUT2D eigenvalue weighted by molar-refractivity contribution is -0.143. The number of halogens is 2. The molecule has 1 aromatic rings. The van der Waals surface area contributed by atoms with Crippen LogP contribution in [0.1, 0.15) is 56.9 Å². The fraction of sp³-hybridized carbons (Fsp3) is 0.682. The number of piperidine rings is 2. The summed E-state index contributed by atoms with van der Waals surface area (Å²) in [5.41, 5.74) is 0.665. The number of benzene rings is 1. The van der Waals surface area contributed by atoms with Crippen molar-refractivity contribution in [3.8, 4) is 0 Å². The summed E-state index contributed by atoms with van der Waals surface area (Å²) in [5, 5.41) is 14.4. The number of aliphatic hydroxyl groups is 1. The second kappa shape index (κ2) is 8.91. The standard InChI is InChI=1S/C22H31ClN2O2.ClH/c23-18-7-5-17(6-8-18)22(10-2-1-3-11-22)20(27)25-14-12-21(16-26)9-4-13-24-19(21)15-25;/h5-8,19,24,26H,1-4,9-16H2;1H/t19-,21-;/m1./s1. The number of amides is 1. The Morgan fingerprint density at radius 2 is 1.82 bits per heavy atom. The monoisotopic (exact) mass is 426 g/mol. The van der Waals surface area contributed by atoms with Crippen LogP contribution in [-0.2, 0) is 10.2 Å². The van der Waals surface area contributed by atoms with E-state index in [1.165, 1.54) is 6.42 Å². The number of rotatable bonds is 3. The van der Waals surface area contributed by atoms with Crippen molar-refractivity contribution in [2.24, 2.45) is 5.41 Å². The fourth-order valence-electron chi connectivity index (χ4n) is 5.64. The molecule has 6 heteroatoms. The lowest BCUT2D eigenvalue weighted by atomic mass is 9.66. The SMILES string of the molecule is Cl.O=C(N1CC[C@@]2(CO)CCCN[C@@H]2C1)C1(c2ccc(Cl)cc2)CCCCC1. The minimum atomic E-state index is -0.406. The number of hydrogen-bond donors (Lipinski definition) is 2. The second-order valence-electron chi connectivity index (χ2n) is 8.78. The molecule has 1 aromatic carbocycles. The summed E-state index contributed by atoms with van der Waals surface area (Å²) in [7, 11) is 0. The normalized spacial score (nSPS) is 29.5. The first-order valence-corrected chi connectivity index (χ1v) is 10.9. The lowest BCUT2D eigenvalue weighted by Gasteiger charge is -2.52. The van der Waals surface area contributed by atoms with Crippen LogP contribution in [0.5, 0.6) is 0 Å². The van der Waals surface area contributed by atoms with Gasteiger partial charge in [-0.05, 0) is 56.3 Å². The molecule has 156 valence electrons. The van der Waals surface area contributed by atoms with Gasteiger partial charge in [-0.2, -0.15) is 0 Å². The van der Waals surface area contributed by atoms with Crippen molar-refractivity contribution in [1.29, 1.82) is 0 Å². The van der Waals surface area contributed by atoms with Crippen LogP contribution in [0.15, 0.2) is 24.3 Å². The van der Waals surface area contributed by atoms with Gasteiger partial charge in [-0.15, -0.1) is 12.4 Å². The van der Waals surface area contributed by atoms with Gasteiger partial charge in [0.1, 0.15) is 0 Å². The molecule has 2 N–H and O–H groups in total. The smallest absolute Gasteiger partial charge is 0.233 e. The van der Waals surface area contributed by atoms with Crippen LogP contribution in [0.4, 0.5) is 0 Å². The molecule has 28 heavy (non-hydrogen) atoms. The zero-order valence-electron chi connectivity index (χ0n) is 16.5. The van der Waals surface area contributed by atoms with E-state index >= 15 is 0 Å². The van der Waals surface area contributed by atoms with Crippen LogP contribution >= 0.6 is 24.0 Å². The predicted molar refractivity (Wildman–Crippen MR) is 115 cm³/mol. The second-order valence-corrected chi connectivity index (χ2v) is 9.22. The number of fused-ring (bicyclic) bond motifs is 1. The van der Waals surface area contributed by atoms with Gasteiger partial charge in [0.2, 0.25) is 5.91 Å². The number of nitrogens with zero attached hydrogens (tertiary/aromatic N) is 1. The van der Waals surface area contributed by atoms with E-state index in [-0.39, 0.29) is 36.4 Å². The average Bonchev–Trinajstić information content (AvgIpc) is 2.73. The number of hydrogen-bond acceptors (Lipinski definition) is 3. The van der Waals surface area contributed by atoms with Crippen molar-refractivity contribution in [2.45, 2.75) is 62.8 Å². The van der Waals surface area contributed by atoms with Crippen LogP contribution < -0.4 is 5.32 Å². The predicted octanol–water partition coefficient (Wildman–Crippen LogP) is 3.93. The van der Waals surface area contributed by atoms with Crippen molar-refractivity contribution < 1.29 is 9.90 Å². The van der Waals surface area contributed by atoms with Crippen LogP contribution in [0.3, 0.4) is 0 Å². The third-order valence-electron chi connectivity index (χ3n) is 7.38. The first kappa shape index (κ1) is 21.9. The van der Waals surface area contributed by atoms with E-state index in [2.05, 4.69) is 10.2 Å². The molecule has 0 radical (unpaired) electrons. The van der Waals surface area contributed by atoms with Gasteiger partial charge < -0.3 is 15.3 Å². The van der Waals surface area contributed by atoms with E-state index in [0.717, 1.165) is 63.6 Å².